The number of Topliss-reactive ketones (excluding diaryl/α,β-unsaturated/α-hetero) is 2. The molecule has 228 valence electrons. The zero-order chi connectivity index (χ0) is 31.8. The highest BCUT2D eigenvalue weighted by atomic mass is 32.1. The normalized spacial score (nSPS) is 12.5. The Morgan fingerprint density at radius 1 is 0.905 bits per heavy atom. The van der Waals surface area contributed by atoms with Crippen LogP contribution in [-0.4, -0.2) is 96.6 Å². The molecule has 2 unspecified atom stereocenters. The number of carbonyl (C=O) groups excluding carboxylic acids is 5. The fourth-order valence-electron chi connectivity index (χ4n) is 4.22. The lowest BCUT2D eigenvalue weighted by molar-refractivity contribution is 0.0520. The van der Waals surface area contributed by atoms with Gasteiger partial charge in [0.1, 0.15) is 0 Å². The topological polar surface area (TPSA) is 127 Å². The van der Waals surface area contributed by atoms with Crippen molar-refractivity contribution < 1.29 is 28.7 Å². The van der Waals surface area contributed by atoms with Crippen molar-refractivity contribution in [1.29, 1.82) is 0 Å². The van der Waals surface area contributed by atoms with Crippen molar-refractivity contribution in [1.82, 2.24) is 19.6 Å². The fraction of sp³-hybridized carbons (Fsp3) is 0.607. The van der Waals surface area contributed by atoms with E-state index in [9.17, 15) is 24.0 Å². The summed E-state index contributed by atoms with van der Waals surface area (Å²) in [4.78, 5) is 69.6. The maximum atomic E-state index is 12.3. The third-order valence-electron chi connectivity index (χ3n) is 6.39. The van der Waals surface area contributed by atoms with Crippen LogP contribution < -0.4 is 0 Å². The van der Waals surface area contributed by atoms with Crippen molar-refractivity contribution in [3.63, 3.8) is 0 Å². The summed E-state index contributed by atoms with van der Waals surface area (Å²) in [7, 11) is 4.72. The summed E-state index contributed by atoms with van der Waals surface area (Å²) < 4.78 is 4.85. The Hall–Kier alpha value is -2.54. The summed E-state index contributed by atoms with van der Waals surface area (Å²) in [6.45, 7) is 14.8. The quantitative estimate of drug-likeness (QED) is 0.104. The number of esters is 1. The molecular weight excluding hydrogens is 574 g/mol. The summed E-state index contributed by atoms with van der Waals surface area (Å²) in [5.74, 6) is -0.130. The van der Waals surface area contributed by atoms with Crippen LogP contribution in [0.15, 0.2) is 10.8 Å². The van der Waals surface area contributed by atoms with Gasteiger partial charge in [-0.3, -0.25) is 9.59 Å². The molecule has 0 saturated carbocycles. The van der Waals surface area contributed by atoms with Crippen LogP contribution in [0.4, 0.5) is 0 Å². The Morgan fingerprint density at radius 2 is 1.45 bits per heavy atom. The molecule has 0 aliphatic rings. The van der Waals surface area contributed by atoms with E-state index in [0.717, 1.165) is 36.2 Å². The van der Waals surface area contributed by atoms with E-state index < -0.39 is 5.97 Å². The van der Waals surface area contributed by atoms with Gasteiger partial charge in [0.25, 0.3) is 14.8 Å². The highest BCUT2D eigenvalue weighted by Crippen LogP contribution is 2.20. The smallest absolute Gasteiger partial charge is 0.357 e. The molecule has 10 nitrogen and oxygen atoms in total. The van der Waals surface area contributed by atoms with Gasteiger partial charge in [0, 0.05) is 41.4 Å². The summed E-state index contributed by atoms with van der Waals surface area (Å²) >= 11 is 2.52. The zero-order valence-electron chi connectivity index (χ0n) is 25.9. The molecule has 14 heteroatoms. The number of ketones is 2. The van der Waals surface area contributed by atoms with Crippen LogP contribution in [-0.2, 0) is 14.3 Å². The summed E-state index contributed by atoms with van der Waals surface area (Å²) in [6, 6.07) is -0.0653. The monoisotopic (exact) mass is 616 g/mol. The SMILES string of the molecule is CCCN([B]C=O)C(CC(=O)c1nc(C)cs1)C(C)C.CCOC(=O)c1csc(C(=O)CC(C(C)C)N(C)[B]C=O)n1. The summed E-state index contributed by atoms with van der Waals surface area (Å²) in [6.07, 6.45) is 3.06. The molecule has 0 N–H and O–H groups in total. The van der Waals surface area contributed by atoms with Crippen molar-refractivity contribution in [2.75, 3.05) is 20.2 Å². The van der Waals surface area contributed by atoms with Crippen molar-refractivity contribution in [3.8, 4) is 0 Å². The summed E-state index contributed by atoms with van der Waals surface area (Å²) in [5, 5.41) is 4.26. The summed E-state index contributed by atoms with van der Waals surface area (Å²) in [5.41, 5.74) is 1.04. The fourth-order valence-corrected chi connectivity index (χ4v) is 5.70. The van der Waals surface area contributed by atoms with Gasteiger partial charge in [-0.15, -0.1) is 22.7 Å². The third kappa shape index (κ3) is 12.4. The number of hydrogen-bond donors (Lipinski definition) is 0. The highest BCUT2D eigenvalue weighted by Gasteiger charge is 2.27. The minimum absolute atomic E-state index is 0.0388. The molecule has 2 aromatic rings. The molecule has 2 rings (SSSR count). The van der Waals surface area contributed by atoms with Crippen molar-refractivity contribution >= 4 is 67.4 Å². The van der Waals surface area contributed by atoms with Gasteiger partial charge in [0.05, 0.1) is 19.0 Å². The average Bonchev–Trinajstić information content (AvgIpc) is 3.60. The minimum Gasteiger partial charge on any atom is -0.461 e. The standard InChI is InChI=1S/C14H20BN2O4S.C14H22BN2O2S/c1-5-21-14(20)10-7-22-13(16-10)12(19)6-11(9(2)3)17(4)15-8-18;1-5-6-17(15-9-18)12(10(2)3)7-13(19)14-16-11(4)8-20-14/h7-9,11H,5-6H2,1-4H3;8-10,12H,5-7H2,1-4H3. The van der Waals surface area contributed by atoms with Gasteiger partial charge in [0.2, 0.25) is 0 Å². The first-order chi connectivity index (χ1) is 19.9. The van der Waals surface area contributed by atoms with E-state index in [-0.39, 0.29) is 53.3 Å². The molecule has 0 fully saturated rings. The van der Waals surface area contributed by atoms with Crippen LogP contribution in [0.2, 0.25) is 0 Å². The largest absolute Gasteiger partial charge is 0.461 e. The molecule has 2 radical (unpaired) electrons. The Labute approximate surface area is 259 Å². The first-order valence-electron chi connectivity index (χ1n) is 14.1. The predicted octanol–water partition coefficient (Wildman–Crippen LogP) is 4.23. The molecule has 0 saturated heterocycles. The molecule has 42 heavy (non-hydrogen) atoms. The highest BCUT2D eigenvalue weighted by molar-refractivity contribution is 7.12. The Kier molecular flexibility index (Phi) is 17.5. The molecule has 0 bridgehead atoms. The van der Waals surface area contributed by atoms with Gasteiger partial charge >= 0.3 is 5.97 Å². The average molecular weight is 616 g/mol. The minimum atomic E-state index is -0.524. The predicted molar refractivity (Wildman–Crippen MR) is 170 cm³/mol. The zero-order valence-corrected chi connectivity index (χ0v) is 27.5. The number of thiazole rings is 2. The number of hydrogen-bond acceptors (Lipinski definition) is 12. The van der Waals surface area contributed by atoms with Crippen LogP contribution in [0.3, 0.4) is 0 Å². The number of rotatable bonds is 18. The van der Waals surface area contributed by atoms with Crippen LogP contribution in [0.1, 0.15) is 96.6 Å². The van der Waals surface area contributed by atoms with Crippen molar-refractivity contribution in [2.24, 2.45) is 11.8 Å². The van der Waals surface area contributed by atoms with E-state index in [1.165, 1.54) is 24.1 Å². The van der Waals surface area contributed by atoms with E-state index in [4.69, 9.17) is 4.74 Å². The van der Waals surface area contributed by atoms with Crippen LogP contribution >= 0.6 is 22.7 Å². The Bertz CT molecular complexity index is 1160. The number of aromatic nitrogens is 2. The van der Waals surface area contributed by atoms with Crippen LogP contribution in [0, 0.1) is 18.8 Å². The van der Waals surface area contributed by atoms with Crippen LogP contribution in [0.25, 0.3) is 0 Å². The Morgan fingerprint density at radius 3 is 1.93 bits per heavy atom. The third-order valence-corrected chi connectivity index (χ3v) is 8.28. The number of nitrogens with zero attached hydrogens (tertiary/aromatic N) is 4. The maximum absolute atomic E-state index is 12.3. The van der Waals surface area contributed by atoms with Gasteiger partial charge in [-0.05, 0) is 45.7 Å². The number of aryl methyl sites for hydroxylation is 1. The molecule has 2 atom stereocenters. The number of ether oxygens (including phenoxy) is 1. The molecule has 0 aliphatic heterocycles. The second-order valence-electron chi connectivity index (χ2n) is 10.4. The van der Waals surface area contributed by atoms with E-state index in [1.54, 1.807) is 26.2 Å². The lowest BCUT2D eigenvalue weighted by atomic mass is 9.85. The number of carbonyl (C=O) groups is 5. The van der Waals surface area contributed by atoms with Gasteiger partial charge in [0.15, 0.2) is 27.3 Å². The first-order valence-corrected chi connectivity index (χ1v) is 15.8. The van der Waals surface area contributed by atoms with E-state index in [2.05, 4.69) is 30.7 Å². The first kappa shape index (κ1) is 37.5. The van der Waals surface area contributed by atoms with E-state index in [1.807, 2.05) is 31.0 Å². The van der Waals surface area contributed by atoms with Crippen molar-refractivity contribution in [3.05, 3.63) is 32.2 Å². The van der Waals surface area contributed by atoms with E-state index in [0.29, 0.717) is 23.5 Å². The second-order valence-corrected chi connectivity index (χ2v) is 12.1. The van der Waals surface area contributed by atoms with Crippen molar-refractivity contribution in [2.45, 2.75) is 79.8 Å². The molecule has 0 spiro atoms. The van der Waals surface area contributed by atoms with Gasteiger partial charge < -0.3 is 23.9 Å². The second kappa shape index (κ2) is 19.6. The van der Waals surface area contributed by atoms with Gasteiger partial charge in [-0.2, -0.15) is 0 Å². The van der Waals surface area contributed by atoms with E-state index >= 15 is 0 Å². The Balaban J connectivity index is 0.000000422. The van der Waals surface area contributed by atoms with Gasteiger partial charge in [-0.1, -0.05) is 34.6 Å². The molecule has 0 aliphatic carbocycles. The molecule has 0 amide bonds. The molecule has 0 aromatic carbocycles. The molecule has 2 aromatic heterocycles. The molecular formula is C28H42B2N4O6S2. The molecule has 2 heterocycles. The maximum Gasteiger partial charge on any atom is 0.357 e. The van der Waals surface area contributed by atoms with Crippen LogP contribution in [0.5, 0.6) is 0 Å². The lowest BCUT2D eigenvalue weighted by Crippen LogP contribution is -2.44. The lowest BCUT2D eigenvalue weighted by Gasteiger charge is -2.32. The van der Waals surface area contributed by atoms with Gasteiger partial charge in [-0.25, -0.2) is 14.8 Å².